The van der Waals surface area contributed by atoms with Gasteiger partial charge in [-0.05, 0) is 30.7 Å². The largest absolute Gasteiger partial charge is 0.459 e. The van der Waals surface area contributed by atoms with Crippen molar-refractivity contribution in [1.29, 1.82) is 0 Å². The van der Waals surface area contributed by atoms with Gasteiger partial charge in [-0.3, -0.25) is 4.79 Å². The van der Waals surface area contributed by atoms with Crippen LogP contribution in [0.15, 0.2) is 49.8 Å². The normalized spacial score (nSPS) is 10.8. The van der Waals surface area contributed by atoms with Crippen molar-refractivity contribution in [2.45, 2.75) is 39.2 Å². The molecule has 1 aromatic carbocycles. The Bertz CT molecular complexity index is 855. The van der Waals surface area contributed by atoms with Gasteiger partial charge in [-0.15, -0.1) is 0 Å². The van der Waals surface area contributed by atoms with Crippen LogP contribution < -0.4 is 5.32 Å². The van der Waals surface area contributed by atoms with Crippen LogP contribution in [-0.2, 0) is 24.2 Å². The summed E-state index contributed by atoms with van der Waals surface area (Å²) in [6.07, 6.45) is 2.48. The van der Waals surface area contributed by atoms with Gasteiger partial charge in [0.25, 0.3) is 0 Å². The molecule has 0 spiro atoms. The molecular formula is C19H20BrN3O3. The topological polar surface area (TPSA) is 81.2 Å². The summed E-state index contributed by atoms with van der Waals surface area (Å²) in [5.74, 6) is 2.59. The van der Waals surface area contributed by atoms with E-state index in [2.05, 4.69) is 38.3 Å². The summed E-state index contributed by atoms with van der Waals surface area (Å²) in [4.78, 5) is 16.2. The molecule has 0 unspecified atom stereocenters. The minimum Gasteiger partial charge on any atom is -0.459 e. The summed E-state index contributed by atoms with van der Waals surface area (Å²) in [5, 5.41) is 6.72. The maximum atomic E-state index is 12.0. The van der Waals surface area contributed by atoms with Gasteiger partial charge in [-0.25, -0.2) is 0 Å². The van der Waals surface area contributed by atoms with Crippen molar-refractivity contribution in [3.8, 4) is 11.3 Å². The summed E-state index contributed by atoms with van der Waals surface area (Å²) in [7, 11) is 0. The molecule has 3 aromatic rings. The third-order valence-corrected chi connectivity index (χ3v) is 4.33. The van der Waals surface area contributed by atoms with Crippen LogP contribution in [0.5, 0.6) is 0 Å². The van der Waals surface area contributed by atoms with E-state index in [4.69, 9.17) is 8.94 Å². The van der Waals surface area contributed by atoms with Crippen molar-refractivity contribution in [1.82, 2.24) is 15.5 Å². The number of nitrogens with zero attached hydrogens (tertiary/aromatic N) is 2. The molecule has 7 heteroatoms. The number of hydrogen-bond acceptors (Lipinski definition) is 5. The van der Waals surface area contributed by atoms with E-state index >= 15 is 0 Å². The maximum absolute atomic E-state index is 12.0. The van der Waals surface area contributed by atoms with Gasteiger partial charge in [0.15, 0.2) is 5.82 Å². The highest BCUT2D eigenvalue weighted by Gasteiger charge is 2.10. The standard InChI is InChI=1S/C19H20BrN3O3/c1-2-3-17-22-19(26-23-17)11-10-18(24)21-12-15-8-9-16(25-15)13-4-6-14(20)7-5-13/h4-9H,2-3,10-12H2,1H3,(H,21,24). The third-order valence-electron chi connectivity index (χ3n) is 3.80. The molecule has 2 heterocycles. The monoisotopic (exact) mass is 417 g/mol. The minimum absolute atomic E-state index is 0.0816. The zero-order valence-electron chi connectivity index (χ0n) is 14.5. The average Bonchev–Trinajstić information content (AvgIpc) is 3.29. The Morgan fingerprint density at radius 2 is 1.96 bits per heavy atom. The van der Waals surface area contributed by atoms with Crippen LogP contribution in [0.1, 0.15) is 37.2 Å². The third kappa shape index (κ3) is 5.05. The number of aryl methyl sites for hydroxylation is 2. The molecule has 3 rings (SSSR count). The SMILES string of the molecule is CCCc1noc(CCC(=O)NCc2ccc(-c3ccc(Br)cc3)o2)n1. The first-order chi connectivity index (χ1) is 12.6. The van der Waals surface area contributed by atoms with Crippen molar-refractivity contribution in [2.24, 2.45) is 0 Å². The lowest BCUT2D eigenvalue weighted by atomic mass is 10.2. The highest BCUT2D eigenvalue weighted by molar-refractivity contribution is 9.10. The fraction of sp³-hybridized carbons (Fsp3) is 0.316. The molecule has 0 saturated heterocycles. The molecule has 0 atom stereocenters. The van der Waals surface area contributed by atoms with Gasteiger partial charge < -0.3 is 14.3 Å². The van der Waals surface area contributed by atoms with Crippen LogP contribution in [0.2, 0.25) is 0 Å². The predicted octanol–water partition coefficient (Wildman–Crippen LogP) is 4.29. The van der Waals surface area contributed by atoms with E-state index in [1.807, 2.05) is 36.4 Å². The number of nitrogens with one attached hydrogen (secondary N) is 1. The highest BCUT2D eigenvalue weighted by Crippen LogP contribution is 2.23. The molecule has 6 nitrogen and oxygen atoms in total. The van der Waals surface area contributed by atoms with Gasteiger partial charge in [0.1, 0.15) is 11.5 Å². The van der Waals surface area contributed by atoms with Crippen LogP contribution in [0.25, 0.3) is 11.3 Å². The van der Waals surface area contributed by atoms with E-state index in [-0.39, 0.29) is 5.91 Å². The number of halogens is 1. The Hall–Kier alpha value is -2.41. The Balaban J connectivity index is 1.46. The molecular weight excluding hydrogens is 398 g/mol. The molecule has 1 N–H and O–H groups in total. The fourth-order valence-corrected chi connectivity index (χ4v) is 2.72. The molecule has 0 bridgehead atoms. The van der Waals surface area contributed by atoms with Crippen molar-refractivity contribution >= 4 is 21.8 Å². The van der Waals surface area contributed by atoms with E-state index in [9.17, 15) is 4.79 Å². The van der Waals surface area contributed by atoms with Crippen LogP contribution in [0.4, 0.5) is 0 Å². The van der Waals surface area contributed by atoms with Crippen molar-refractivity contribution in [3.63, 3.8) is 0 Å². The zero-order chi connectivity index (χ0) is 18.4. The number of carbonyl (C=O) groups is 1. The number of rotatable bonds is 8. The first kappa shape index (κ1) is 18.4. The molecule has 1 amide bonds. The summed E-state index contributed by atoms with van der Waals surface area (Å²) in [5.41, 5.74) is 0.991. The fourth-order valence-electron chi connectivity index (χ4n) is 2.45. The van der Waals surface area contributed by atoms with Crippen LogP contribution >= 0.6 is 15.9 Å². The van der Waals surface area contributed by atoms with Gasteiger partial charge in [-0.2, -0.15) is 4.98 Å². The molecule has 0 aliphatic heterocycles. The minimum atomic E-state index is -0.0816. The first-order valence-electron chi connectivity index (χ1n) is 8.57. The van der Waals surface area contributed by atoms with Crippen LogP contribution in [0, 0.1) is 0 Å². The lowest BCUT2D eigenvalue weighted by Crippen LogP contribution is -2.22. The number of amides is 1. The number of hydrogen-bond donors (Lipinski definition) is 1. The molecule has 0 saturated carbocycles. The lowest BCUT2D eigenvalue weighted by molar-refractivity contribution is -0.121. The molecule has 0 aliphatic rings. The van der Waals surface area contributed by atoms with E-state index in [1.165, 1.54) is 0 Å². The molecule has 0 radical (unpaired) electrons. The second-order valence-electron chi connectivity index (χ2n) is 5.90. The van der Waals surface area contributed by atoms with Crippen LogP contribution in [0.3, 0.4) is 0 Å². The smallest absolute Gasteiger partial charge is 0.227 e. The summed E-state index contributed by atoms with van der Waals surface area (Å²) in [6.45, 7) is 2.40. The second kappa shape index (κ2) is 8.80. The van der Waals surface area contributed by atoms with E-state index < -0.39 is 0 Å². The molecule has 2 aromatic heterocycles. The van der Waals surface area contributed by atoms with Gasteiger partial charge in [0, 0.05) is 29.3 Å². The maximum Gasteiger partial charge on any atom is 0.227 e. The lowest BCUT2D eigenvalue weighted by Gasteiger charge is -2.02. The Morgan fingerprint density at radius 3 is 2.73 bits per heavy atom. The van der Waals surface area contributed by atoms with E-state index in [0.717, 1.165) is 28.6 Å². The second-order valence-corrected chi connectivity index (χ2v) is 6.82. The Kier molecular flexibility index (Phi) is 6.22. The number of benzene rings is 1. The van der Waals surface area contributed by atoms with Crippen molar-refractivity contribution < 1.29 is 13.7 Å². The zero-order valence-corrected chi connectivity index (χ0v) is 16.1. The summed E-state index contributed by atoms with van der Waals surface area (Å²) < 4.78 is 11.9. The number of carbonyl (C=O) groups excluding carboxylic acids is 1. The van der Waals surface area contributed by atoms with E-state index in [0.29, 0.717) is 36.9 Å². The number of aromatic nitrogens is 2. The Morgan fingerprint density at radius 1 is 1.15 bits per heavy atom. The van der Waals surface area contributed by atoms with Gasteiger partial charge in [0.05, 0.1) is 6.54 Å². The predicted molar refractivity (Wildman–Crippen MR) is 100 cm³/mol. The molecule has 0 fully saturated rings. The van der Waals surface area contributed by atoms with Crippen molar-refractivity contribution in [2.75, 3.05) is 0 Å². The molecule has 136 valence electrons. The van der Waals surface area contributed by atoms with Gasteiger partial charge >= 0.3 is 0 Å². The van der Waals surface area contributed by atoms with Crippen LogP contribution in [-0.4, -0.2) is 16.0 Å². The van der Waals surface area contributed by atoms with Crippen molar-refractivity contribution in [3.05, 3.63) is 58.3 Å². The van der Waals surface area contributed by atoms with Gasteiger partial charge in [0.2, 0.25) is 11.8 Å². The van der Waals surface area contributed by atoms with Gasteiger partial charge in [-0.1, -0.05) is 40.1 Å². The Labute approximate surface area is 160 Å². The van der Waals surface area contributed by atoms with E-state index in [1.54, 1.807) is 0 Å². The highest BCUT2D eigenvalue weighted by atomic mass is 79.9. The quantitative estimate of drug-likeness (QED) is 0.590. The average molecular weight is 418 g/mol. The summed E-state index contributed by atoms with van der Waals surface area (Å²) >= 11 is 3.41. The molecule has 26 heavy (non-hydrogen) atoms. The summed E-state index contributed by atoms with van der Waals surface area (Å²) in [6, 6.07) is 11.6. The molecule has 0 aliphatic carbocycles. The number of furan rings is 1. The first-order valence-corrected chi connectivity index (χ1v) is 9.36.